The lowest BCUT2D eigenvalue weighted by Crippen LogP contribution is -1.98. The molecule has 0 amide bonds. The minimum atomic E-state index is 0.642. The molecule has 0 saturated carbocycles. The maximum Gasteiger partial charge on any atom is 0.176 e. The first-order chi connectivity index (χ1) is 8.33. The number of benzene rings is 1. The number of aldehydes is 1. The Balaban J connectivity index is 2.33. The zero-order chi connectivity index (χ0) is 11.8. The number of ether oxygens (including phenoxy) is 1. The van der Waals surface area contributed by atoms with Crippen LogP contribution >= 0.6 is 0 Å². The van der Waals surface area contributed by atoms with Crippen LogP contribution in [0, 0.1) is 0 Å². The van der Waals surface area contributed by atoms with Crippen LogP contribution in [-0.2, 0) is 12.8 Å². The highest BCUT2D eigenvalue weighted by Gasteiger charge is 2.20. The molecule has 3 nitrogen and oxygen atoms in total. The van der Waals surface area contributed by atoms with E-state index < -0.39 is 0 Å². The van der Waals surface area contributed by atoms with E-state index in [1.807, 2.05) is 6.07 Å². The zero-order valence-electron chi connectivity index (χ0n) is 9.79. The van der Waals surface area contributed by atoms with E-state index in [2.05, 4.69) is 0 Å². The predicted molar refractivity (Wildman–Crippen MR) is 64.8 cm³/mol. The van der Waals surface area contributed by atoms with Crippen molar-refractivity contribution in [1.82, 2.24) is 0 Å². The second-order valence-corrected chi connectivity index (χ2v) is 4.43. The molecule has 0 saturated heterocycles. The smallest absolute Gasteiger partial charge is 0.176 e. The minimum Gasteiger partial charge on any atom is -0.493 e. The van der Waals surface area contributed by atoms with E-state index in [1.165, 1.54) is 18.4 Å². The van der Waals surface area contributed by atoms with Gasteiger partial charge < -0.3 is 9.15 Å². The lowest BCUT2D eigenvalue weighted by atomic mass is 9.95. The summed E-state index contributed by atoms with van der Waals surface area (Å²) in [4.78, 5) is 10.9. The van der Waals surface area contributed by atoms with Crippen LogP contribution in [0.3, 0.4) is 0 Å². The number of methoxy groups -OCH3 is 1. The van der Waals surface area contributed by atoms with Gasteiger partial charge in [-0.05, 0) is 31.4 Å². The molecular weight excluding hydrogens is 216 g/mol. The van der Waals surface area contributed by atoms with Crippen LogP contribution in [0.15, 0.2) is 16.5 Å². The molecule has 0 unspecified atom stereocenters. The Morgan fingerprint density at radius 3 is 2.88 bits per heavy atom. The standard InChI is InChI=1S/C14H14O3/c1-16-13-7-9(8-15)6-11-10-4-2-3-5-12(10)17-14(11)13/h6-8H,2-5H2,1H3. The zero-order valence-corrected chi connectivity index (χ0v) is 9.79. The number of carbonyl (C=O) groups excluding carboxylic acids is 1. The van der Waals surface area contributed by atoms with Crippen LogP contribution in [-0.4, -0.2) is 13.4 Å². The summed E-state index contributed by atoms with van der Waals surface area (Å²) in [6.45, 7) is 0. The molecule has 0 spiro atoms. The molecule has 0 N–H and O–H groups in total. The van der Waals surface area contributed by atoms with E-state index in [9.17, 15) is 4.79 Å². The highest BCUT2D eigenvalue weighted by molar-refractivity contribution is 5.93. The molecule has 1 aliphatic rings. The van der Waals surface area contributed by atoms with E-state index >= 15 is 0 Å². The van der Waals surface area contributed by atoms with Crippen molar-refractivity contribution in [2.75, 3.05) is 7.11 Å². The second-order valence-electron chi connectivity index (χ2n) is 4.43. The molecule has 17 heavy (non-hydrogen) atoms. The summed E-state index contributed by atoms with van der Waals surface area (Å²) in [5.74, 6) is 1.71. The maximum absolute atomic E-state index is 10.9. The lowest BCUT2D eigenvalue weighted by Gasteiger charge is -2.08. The number of rotatable bonds is 2. The van der Waals surface area contributed by atoms with Gasteiger partial charge in [0.1, 0.15) is 12.0 Å². The van der Waals surface area contributed by atoms with E-state index in [4.69, 9.17) is 9.15 Å². The highest BCUT2D eigenvalue weighted by atomic mass is 16.5. The molecule has 0 bridgehead atoms. The first-order valence-electron chi connectivity index (χ1n) is 5.91. The summed E-state index contributed by atoms with van der Waals surface area (Å²) in [6.07, 6.45) is 5.24. The molecule has 3 heteroatoms. The summed E-state index contributed by atoms with van der Waals surface area (Å²) < 4.78 is 11.2. The summed E-state index contributed by atoms with van der Waals surface area (Å²) >= 11 is 0. The third-order valence-electron chi connectivity index (χ3n) is 3.40. The van der Waals surface area contributed by atoms with E-state index in [0.29, 0.717) is 11.3 Å². The van der Waals surface area contributed by atoms with Gasteiger partial charge in [0.2, 0.25) is 0 Å². The van der Waals surface area contributed by atoms with Crippen molar-refractivity contribution in [2.24, 2.45) is 0 Å². The van der Waals surface area contributed by atoms with Crippen molar-refractivity contribution in [3.8, 4) is 5.75 Å². The van der Waals surface area contributed by atoms with Gasteiger partial charge in [-0.2, -0.15) is 0 Å². The van der Waals surface area contributed by atoms with Crippen LogP contribution in [0.4, 0.5) is 0 Å². The Bertz CT molecular complexity index is 581. The van der Waals surface area contributed by atoms with Crippen molar-refractivity contribution >= 4 is 17.3 Å². The molecule has 0 fully saturated rings. The number of aryl methyl sites for hydroxylation is 2. The SMILES string of the molecule is COc1cc(C=O)cc2c3c(oc12)CCCC3. The fourth-order valence-electron chi connectivity index (χ4n) is 2.57. The highest BCUT2D eigenvalue weighted by Crippen LogP contribution is 2.37. The van der Waals surface area contributed by atoms with Crippen LogP contribution in [0.5, 0.6) is 5.75 Å². The van der Waals surface area contributed by atoms with Crippen LogP contribution in [0.2, 0.25) is 0 Å². The fourth-order valence-corrected chi connectivity index (χ4v) is 2.57. The largest absolute Gasteiger partial charge is 0.493 e. The van der Waals surface area contributed by atoms with Gasteiger partial charge >= 0.3 is 0 Å². The van der Waals surface area contributed by atoms with Crippen molar-refractivity contribution in [3.05, 3.63) is 29.0 Å². The van der Waals surface area contributed by atoms with Gasteiger partial charge in [0.25, 0.3) is 0 Å². The fraction of sp³-hybridized carbons (Fsp3) is 0.357. The topological polar surface area (TPSA) is 39.4 Å². The quantitative estimate of drug-likeness (QED) is 0.744. The van der Waals surface area contributed by atoms with Crippen molar-refractivity contribution in [2.45, 2.75) is 25.7 Å². The first kappa shape index (κ1) is 10.4. The monoisotopic (exact) mass is 230 g/mol. The summed E-state index contributed by atoms with van der Waals surface area (Å²) in [5, 5.41) is 1.04. The van der Waals surface area contributed by atoms with Crippen LogP contribution < -0.4 is 4.74 Å². The molecule has 0 radical (unpaired) electrons. The molecule has 0 atom stereocenters. The first-order valence-corrected chi connectivity index (χ1v) is 5.91. The minimum absolute atomic E-state index is 0.642. The van der Waals surface area contributed by atoms with Gasteiger partial charge in [0.15, 0.2) is 11.3 Å². The molecule has 2 aromatic rings. The van der Waals surface area contributed by atoms with Gasteiger partial charge in [-0.25, -0.2) is 0 Å². The average Bonchev–Trinajstić information content (AvgIpc) is 2.76. The second kappa shape index (κ2) is 3.91. The summed E-state index contributed by atoms with van der Waals surface area (Å²) in [7, 11) is 1.60. The molecule has 1 aliphatic carbocycles. The number of fused-ring (bicyclic) bond motifs is 3. The molecule has 3 rings (SSSR count). The Morgan fingerprint density at radius 1 is 1.29 bits per heavy atom. The van der Waals surface area contributed by atoms with Crippen LogP contribution in [0.25, 0.3) is 11.0 Å². The van der Waals surface area contributed by atoms with E-state index in [1.54, 1.807) is 13.2 Å². The number of carbonyl (C=O) groups is 1. The molecule has 1 heterocycles. The number of hydrogen-bond donors (Lipinski definition) is 0. The predicted octanol–water partition coefficient (Wildman–Crippen LogP) is 3.13. The van der Waals surface area contributed by atoms with Crippen molar-refractivity contribution in [1.29, 1.82) is 0 Å². The molecule has 1 aromatic carbocycles. The maximum atomic E-state index is 10.9. The van der Waals surface area contributed by atoms with Gasteiger partial charge in [-0.15, -0.1) is 0 Å². The molecular formula is C14H14O3. The Hall–Kier alpha value is -1.77. The average molecular weight is 230 g/mol. The van der Waals surface area contributed by atoms with Gasteiger partial charge in [-0.3, -0.25) is 4.79 Å². The van der Waals surface area contributed by atoms with Gasteiger partial charge in [0, 0.05) is 22.9 Å². The number of hydrogen-bond acceptors (Lipinski definition) is 3. The van der Waals surface area contributed by atoms with Crippen molar-refractivity contribution < 1.29 is 13.9 Å². The molecule has 88 valence electrons. The molecule has 1 aromatic heterocycles. The third kappa shape index (κ3) is 1.54. The summed E-state index contributed by atoms with van der Waals surface area (Å²) in [6, 6.07) is 3.63. The Morgan fingerprint density at radius 2 is 2.12 bits per heavy atom. The van der Waals surface area contributed by atoms with Gasteiger partial charge in [0.05, 0.1) is 7.11 Å². The van der Waals surface area contributed by atoms with Gasteiger partial charge in [-0.1, -0.05) is 0 Å². The van der Waals surface area contributed by atoms with Crippen molar-refractivity contribution in [3.63, 3.8) is 0 Å². The van der Waals surface area contributed by atoms with E-state index in [-0.39, 0.29) is 0 Å². The molecule has 0 aliphatic heterocycles. The van der Waals surface area contributed by atoms with E-state index in [0.717, 1.165) is 35.9 Å². The lowest BCUT2D eigenvalue weighted by molar-refractivity contribution is 0.112. The number of furan rings is 1. The van der Waals surface area contributed by atoms with Crippen LogP contribution in [0.1, 0.15) is 34.5 Å². The summed E-state index contributed by atoms with van der Waals surface area (Å²) in [5.41, 5.74) is 2.68. The third-order valence-corrected chi connectivity index (χ3v) is 3.40. The Kier molecular flexibility index (Phi) is 2.39. The normalized spacial score (nSPS) is 14.6. The Labute approximate surface area is 99.4 Å².